The molecule has 2 heterocycles. The lowest BCUT2D eigenvalue weighted by Crippen LogP contribution is -2.39. The lowest BCUT2D eigenvalue weighted by atomic mass is 9.96. The Bertz CT molecular complexity index is 376. The maximum Gasteiger partial charge on any atom is 0.233 e. The molecule has 2 aliphatic rings. The third-order valence-corrected chi connectivity index (χ3v) is 3.70. The van der Waals surface area contributed by atoms with Gasteiger partial charge >= 0.3 is 0 Å². The number of hydrogen-bond donors (Lipinski definition) is 1. The molecule has 0 radical (unpaired) electrons. The Hall–Kier alpha value is -0.940. The van der Waals surface area contributed by atoms with Crippen LogP contribution in [-0.2, 0) is 11.2 Å². The maximum atomic E-state index is 5.50. The molecule has 1 aromatic heterocycles. The average molecular weight is 237 g/mol. The van der Waals surface area contributed by atoms with Crippen LogP contribution < -0.4 is 5.32 Å². The van der Waals surface area contributed by atoms with Crippen LogP contribution in [0.4, 0.5) is 0 Å². The molecule has 0 amide bonds. The minimum Gasteiger partial charge on any atom is -0.381 e. The van der Waals surface area contributed by atoms with Gasteiger partial charge in [-0.1, -0.05) is 5.16 Å². The third kappa shape index (κ3) is 2.50. The van der Waals surface area contributed by atoms with Crippen molar-refractivity contribution in [1.29, 1.82) is 0 Å². The molecule has 2 atom stereocenters. The van der Waals surface area contributed by atoms with E-state index in [1.165, 1.54) is 12.8 Å². The van der Waals surface area contributed by atoms with Gasteiger partial charge in [-0.25, -0.2) is 0 Å². The fourth-order valence-electron chi connectivity index (χ4n) is 2.41. The van der Waals surface area contributed by atoms with E-state index < -0.39 is 0 Å². The van der Waals surface area contributed by atoms with Crippen LogP contribution in [0, 0.1) is 5.92 Å². The van der Waals surface area contributed by atoms with E-state index in [0.717, 1.165) is 37.1 Å². The van der Waals surface area contributed by atoms with E-state index in [2.05, 4.69) is 15.5 Å². The predicted octanol–water partition coefficient (Wildman–Crippen LogP) is 1.11. The highest BCUT2D eigenvalue weighted by Crippen LogP contribution is 2.32. The van der Waals surface area contributed by atoms with Crippen LogP contribution in [-0.4, -0.2) is 36.4 Å². The second kappa shape index (κ2) is 4.74. The number of aromatic nitrogens is 2. The summed E-state index contributed by atoms with van der Waals surface area (Å²) in [6.45, 7) is 1.49. The quantitative estimate of drug-likeness (QED) is 0.850. The minimum atomic E-state index is 0.203. The van der Waals surface area contributed by atoms with Gasteiger partial charge in [0.1, 0.15) is 0 Å². The van der Waals surface area contributed by atoms with Gasteiger partial charge in [0.2, 0.25) is 5.89 Å². The summed E-state index contributed by atoms with van der Waals surface area (Å²) in [4.78, 5) is 4.51. The molecule has 94 valence electrons. The molecular formula is C12H19N3O2. The summed E-state index contributed by atoms with van der Waals surface area (Å²) < 4.78 is 10.9. The van der Waals surface area contributed by atoms with Crippen LogP contribution in [0.15, 0.2) is 4.52 Å². The van der Waals surface area contributed by atoms with E-state index in [4.69, 9.17) is 9.26 Å². The van der Waals surface area contributed by atoms with Gasteiger partial charge in [0.15, 0.2) is 5.82 Å². The van der Waals surface area contributed by atoms with Gasteiger partial charge in [-0.15, -0.1) is 0 Å². The van der Waals surface area contributed by atoms with E-state index in [0.29, 0.717) is 12.6 Å². The minimum absolute atomic E-state index is 0.203. The average Bonchev–Trinajstić information content (AvgIpc) is 3.05. The van der Waals surface area contributed by atoms with Crippen molar-refractivity contribution in [2.45, 2.75) is 37.6 Å². The Morgan fingerprint density at radius 1 is 1.35 bits per heavy atom. The van der Waals surface area contributed by atoms with E-state index in [9.17, 15) is 0 Å². The second-order valence-electron chi connectivity index (χ2n) is 5.06. The maximum absolute atomic E-state index is 5.50. The van der Waals surface area contributed by atoms with Crippen LogP contribution in [0.3, 0.4) is 0 Å². The highest BCUT2D eigenvalue weighted by atomic mass is 16.5. The molecule has 0 aromatic carbocycles. The summed E-state index contributed by atoms with van der Waals surface area (Å²) in [5.74, 6) is 2.60. The van der Waals surface area contributed by atoms with Gasteiger partial charge in [0, 0.05) is 19.1 Å². The van der Waals surface area contributed by atoms with Crippen molar-refractivity contribution in [3.63, 3.8) is 0 Å². The third-order valence-electron chi connectivity index (χ3n) is 3.70. The number of likely N-dealkylation sites (N-methyl/N-ethyl adjacent to an activating group) is 1. The summed E-state index contributed by atoms with van der Waals surface area (Å²) in [6.07, 6.45) is 4.61. The normalized spacial score (nSPS) is 29.5. The number of hydrogen-bond acceptors (Lipinski definition) is 5. The molecule has 5 nitrogen and oxygen atoms in total. The van der Waals surface area contributed by atoms with Crippen molar-refractivity contribution >= 4 is 0 Å². The molecule has 1 aliphatic carbocycles. The van der Waals surface area contributed by atoms with Gasteiger partial charge in [0.25, 0.3) is 0 Å². The first-order chi connectivity index (χ1) is 8.36. The topological polar surface area (TPSA) is 60.2 Å². The lowest BCUT2D eigenvalue weighted by Gasteiger charge is -2.28. The molecule has 1 N–H and O–H groups in total. The second-order valence-corrected chi connectivity index (χ2v) is 5.06. The van der Waals surface area contributed by atoms with Gasteiger partial charge in [-0.05, 0) is 32.2 Å². The largest absolute Gasteiger partial charge is 0.381 e. The van der Waals surface area contributed by atoms with Crippen molar-refractivity contribution < 1.29 is 9.26 Å². The first-order valence-electron chi connectivity index (χ1n) is 6.44. The van der Waals surface area contributed by atoms with E-state index in [-0.39, 0.29) is 5.92 Å². The summed E-state index contributed by atoms with van der Waals surface area (Å²) in [6, 6.07) is 0.387. The number of nitrogens with one attached hydrogen (secondary N) is 1. The van der Waals surface area contributed by atoms with Crippen molar-refractivity contribution in [2.75, 3.05) is 20.3 Å². The summed E-state index contributed by atoms with van der Waals surface area (Å²) >= 11 is 0. The summed E-state index contributed by atoms with van der Waals surface area (Å²) in [7, 11) is 1.98. The smallest absolute Gasteiger partial charge is 0.233 e. The molecule has 0 bridgehead atoms. The first-order valence-corrected chi connectivity index (χ1v) is 6.44. The van der Waals surface area contributed by atoms with E-state index in [1.54, 1.807) is 0 Å². The Morgan fingerprint density at radius 2 is 2.24 bits per heavy atom. The fourth-order valence-corrected chi connectivity index (χ4v) is 2.41. The molecule has 1 saturated heterocycles. The summed E-state index contributed by atoms with van der Waals surface area (Å²) in [5.41, 5.74) is 0. The van der Waals surface area contributed by atoms with Gasteiger partial charge in [-0.3, -0.25) is 0 Å². The van der Waals surface area contributed by atoms with Crippen LogP contribution in [0.1, 0.15) is 36.9 Å². The molecule has 1 aliphatic heterocycles. The molecule has 1 saturated carbocycles. The van der Waals surface area contributed by atoms with Crippen molar-refractivity contribution in [2.24, 2.45) is 5.92 Å². The highest BCUT2D eigenvalue weighted by molar-refractivity contribution is 5.02. The molecule has 1 aromatic rings. The Labute approximate surface area is 101 Å². The molecule has 5 heteroatoms. The lowest BCUT2D eigenvalue weighted by molar-refractivity contribution is 0.0516. The van der Waals surface area contributed by atoms with Gasteiger partial charge in [0.05, 0.1) is 12.5 Å². The predicted molar refractivity (Wildman–Crippen MR) is 61.8 cm³/mol. The number of rotatable bonds is 4. The number of ether oxygens (including phenoxy) is 1. The standard InChI is InChI=1S/C12H19N3O2/c1-13-10-4-5-16-7-9(10)12-14-11(15-17-12)6-8-2-3-8/h8-10,13H,2-7H2,1H3. The molecule has 17 heavy (non-hydrogen) atoms. The van der Waals surface area contributed by atoms with Gasteiger partial charge in [-0.2, -0.15) is 4.98 Å². The molecule has 2 fully saturated rings. The molecular weight excluding hydrogens is 218 g/mol. The van der Waals surface area contributed by atoms with Crippen LogP contribution in [0.2, 0.25) is 0 Å². The monoisotopic (exact) mass is 237 g/mol. The zero-order chi connectivity index (χ0) is 11.7. The highest BCUT2D eigenvalue weighted by Gasteiger charge is 2.31. The Morgan fingerprint density at radius 3 is 3.00 bits per heavy atom. The van der Waals surface area contributed by atoms with Crippen molar-refractivity contribution in [3.05, 3.63) is 11.7 Å². The SMILES string of the molecule is CNC1CCOCC1c1nc(CC2CC2)no1. The molecule has 3 rings (SSSR count). The first kappa shape index (κ1) is 11.2. The Balaban J connectivity index is 1.70. The van der Waals surface area contributed by atoms with Gasteiger partial charge < -0.3 is 14.6 Å². The zero-order valence-electron chi connectivity index (χ0n) is 10.2. The van der Waals surface area contributed by atoms with Crippen LogP contribution >= 0.6 is 0 Å². The Kier molecular flexibility index (Phi) is 3.11. The van der Waals surface area contributed by atoms with E-state index >= 15 is 0 Å². The van der Waals surface area contributed by atoms with Crippen LogP contribution in [0.25, 0.3) is 0 Å². The van der Waals surface area contributed by atoms with E-state index in [1.807, 2.05) is 7.05 Å². The molecule has 0 spiro atoms. The van der Waals surface area contributed by atoms with Crippen molar-refractivity contribution in [3.8, 4) is 0 Å². The summed E-state index contributed by atoms with van der Waals surface area (Å²) in [5, 5.41) is 7.38. The zero-order valence-corrected chi connectivity index (χ0v) is 10.2. The number of nitrogens with zero attached hydrogens (tertiary/aromatic N) is 2. The van der Waals surface area contributed by atoms with Crippen LogP contribution in [0.5, 0.6) is 0 Å². The molecule has 2 unspecified atom stereocenters. The fraction of sp³-hybridized carbons (Fsp3) is 0.833. The van der Waals surface area contributed by atoms with Crippen molar-refractivity contribution in [1.82, 2.24) is 15.5 Å².